The molecule has 2 fully saturated rings. The Morgan fingerprint density at radius 3 is 2.47 bits per heavy atom. The number of rotatable bonds is 3. The fourth-order valence-electron chi connectivity index (χ4n) is 4.97. The number of aryl methyl sites for hydroxylation is 3. The van der Waals surface area contributed by atoms with Crippen molar-refractivity contribution >= 4 is 22.5 Å². The molecule has 0 aromatic carbocycles. The van der Waals surface area contributed by atoms with Crippen LogP contribution in [-0.2, 0) is 7.05 Å². The fourth-order valence-corrected chi connectivity index (χ4v) is 4.97. The van der Waals surface area contributed by atoms with Gasteiger partial charge in [-0.05, 0) is 50.3 Å². The summed E-state index contributed by atoms with van der Waals surface area (Å²) in [5.74, 6) is 1.71. The molecule has 0 radical (unpaired) electrons. The highest BCUT2D eigenvalue weighted by Crippen LogP contribution is 2.35. The molecule has 7 heteroatoms. The minimum atomic E-state index is 0.582. The van der Waals surface area contributed by atoms with E-state index in [1.807, 2.05) is 17.9 Å². The molecule has 0 spiro atoms. The summed E-state index contributed by atoms with van der Waals surface area (Å²) < 4.78 is 1.87. The Morgan fingerprint density at radius 1 is 0.967 bits per heavy atom. The van der Waals surface area contributed by atoms with Crippen molar-refractivity contribution in [3.8, 4) is 0 Å². The predicted octanol–water partition coefficient (Wildman–Crippen LogP) is 2.77. The first-order valence-electron chi connectivity index (χ1n) is 11.1. The van der Waals surface area contributed by atoms with Crippen molar-refractivity contribution in [1.82, 2.24) is 25.1 Å². The Kier molecular flexibility index (Phi) is 5.06. The van der Waals surface area contributed by atoms with Gasteiger partial charge >= 0.3 is 0 Å². The maximum Gasteiger partial charge on any atom is 0.159 e. The highest BCUT2D eigenvalue weighted by Gasteiger charge is 2.25. The van der Waals surface area contributed by atoms with Gasteiger partial charge in [-0.25, -0.2) is 9.97 Å². The molecule has 0 amide bonds. The zero-order valence-electron chi connectivity index (χ0n) is 18.2. The zero-order chi connectivity index (χ0) is 20.7. The Balaban J connectivity index is 1.32. The number of hydrogen-bond donors (Lipinski definition) is 1. The van der Waals surface area contributed by atoms with Gasteiger partial charge in [-0.1, -0.05) is 6.07 Å². The second-order valence-electron chi connectivity index (χ2n) is 8.63. The second-order valence-corrected chi connectivity index (χ2v) is 8.63. The zero-order valence-corrected chi connectivity index (χ0v) is 18.2. The minimum Gasteiger partial charge on any atom is -0.371 e. The Morgan fingerprint density at radius 2 is 1.73 bits per heavy atom. The first kappa shape index (κ1) is 19.3. The topological polar surface area (TPSA) is 62.1 Å². The lowest BCUT2D eigenvalue weighted by Crippen LogP contribution is -2.44. The summed E-state index contributed by atoms with van der Waals surface area (Å²) in [4.78, 5) is 14.5. The minimum absolute atomic E-state index is 0.582. The summed E-state index contributed by atoms with van der Waals surface area (Å²) in [6.07, 6.45) is 4.25. The molecule has 0 saturated carbocycles. The molecule has 2 aliphatic rings. The number of fused-ring (bicyclic) bond motifs is 1. The average Bonchev–Trinajstić information content (AvgIpc) is 3.14. The first-order valence-corrected chi connectivity index (χ1v) is 11.1. The van der Waals surface area contributed by atoms with Gasteiger partial charge in [0, 0.05) is 57.7 Å². The molecule has 0 unspecified atom stereocenters. The van der Waals surface area contributed by atoms with Crippen molar-refractivity contribution in [3.63, 3.8) is 0 Å². The molecule has 3 aromatic heterocycles. The number of nitrogens with one attached hydrogen (secondary N) is 1. The van der Waals surface area contributed by atoms with E-state index in [2.05, 4.69) is 57.2 Å². The van der Waals surface area contributed by atoms with Crippen LogP contribution in [0.5, 0.6) is 0 Å². The third-order valence-electron chi connectivity index (χ3n) is 6.64. The van der Waals surface area contributed by atoms with Crippen LogP contribution in [0.3, 0.4) is 0 Å². The van der Waals surface area contributed by atoms with Crippen molar-refractivity contribution in [1.29, 1.82) is 0 Å². The van der Waals surface area contributed by atoms with E-state index in [9.17, 15) is 0 Å². The second kappa shape index (κ2) is 7.87. The van der Waals surface area contributed by atoms with Crippen molar-refractivity contribution in [2.75, 3.05) is 49.1 Å². The first-order chi connectivity index (χ1) is 14.6. The molecule has 2 aliphatic heterocycles. The van der Waals surface area contributed by atoms with Crippen LogP contribution in [0.15, 0.2) is 24.4 Å². The van der Waals surface area contributed by atoms with Gasteiger partial charge in [-0.2, -0.15) is 5.10 Å². The van der Waals surface area contributed by atoms with Crippen molar-refractivity contribution in [3.05, 3.63) is 41.3 Å². The molecular weight excluding hydrogens is 374 g/mol. The highest BCUT2D eigenvalue weighted by atomic mass is 15.3. The molecule has 30 heavy (non-hydrogen) atoms. The van der Waals surface area contributed by atoms with Gasteiger partial charge in [-0.3, -0.25) is 4.68 Å². The Labute approximate surface area is 178 Å². The molecule has 7 nitrogen and oxygen atoms in total. The molecular formula is C23H31N7. The van der Waals surface area contributed by atoms with E-state index in [1.165, 1.54) is 16.9 Å². The monoisotopic (exact) mass is 405 g/mol. The molecule has 3 aromatic rings. The van der Waals surface area contributed by atoms with Crippen molar-refractivity contribution in [2.24, 2.45) is 7.05 Å². The number of nitrogens with zero attached hydrogens (tertiary/aromatic N) is 6. The van der Waals surface area contributed by atoms with E-state index < -0.39 is 0 Å². The molecule has 1 N–H and O–H groups in total. The summed E-state index contributed by atoms with van der Waals surface area (Å²) in [5, 5.41) is 8.99. The van der Waals surface area contributed by atoms with E-state index in [-0.39, 0.29) is 0 Å². The van der Waals surface area contributed by atoms with E-state index in [0.717, 1.165) is 74.7 Å². The molecule has 0 aliphatic carbocycles. The van der Waals surface area contributed by atoms with Crippen LogP contribution >= 0.6 is 0 Å². The van der Waals surface area contributed by atoms with E-state index in [0.29, 0.717) is 5.92 Å². The lowest BCUT2D eigenvalue weighted by Gasteiger charge is -2.35. The Hall–Kier alpha value is -2.67. The SMILES string of the molecule is Cc1cc(N2CCC(c3ccc(N4CCNCC4)nc3C)CC2)c2cnn(C)c2n1. The number of piperidine rings is 1. The quantitative estimate of drug-likeness (QED) is 0.723. The standard InChI is InChI=1S/C23H31N7/c1-16-14-21(20-15-25-28(3)23(20)26-16)29-10-6-18(7-11-29)19-4-5-22(27-17(19)2)30-12-8-24-9-13-30/h4-5,14-15,18,24H,6-13H2,1-3H3. The van der Waals surface area contributed by atoms with Gasteiger partial charge in [0.15, 0.2) is 5.65 Å². The van der Waals surface area contributed by atoms with Gasteiger partial charge < -0.3 is 15.1 Å². The molecule has 158 valence electrons. The molecule has 0 bridgehead atoms. The number of anilines is 2. The van der Waals surface area contributed by atoms with Gasteiger partial charge in [0.25, 0.3) is 0 Å². The van der Waals surface area contributed by atoms with E-state index >= 15 is 0 Å². The van der Waals surface area contributed by atoms with Gasteiger partial charge in [0.05, 0.1) is 17.3 Å². The maximum atomic E-state index is 4.97. The van der Waals surface area contributed by atoms with Gasteiger partial charge in [0.1, 0.15) is 5.82 Å². The number of piperazine rings is 1. The number of aromatic nitrogens is 4. The maximum absolute atomic E-state index is 4.97. The smallest absolute Gasteiger partial charge is 0.159 e. The summed E-state index contributed by atoms with van der Waals surface area (Å²) in [7, 11) is 1.96. The third kappa shape index (κ3) is 3.51. The van der Waals surface area contributed by atoms with Crippen molar-refractivity contribution < 1.29 is 0 Å². The van der Waals surface area contributed by atoms with Crippen LogP contribution in [0.2, 0.25) is 0 Å². The number of pyridine rings is 2. The van der Waals surface area contributed by atoms with Crippen LogP contribution in [0.25, 0.3) is 11.0 Å². The van der Waals surface area contributed by atoms with Crippen LogP contribution in [0.4, 0.5) is 11.5 Å². The summed E-state index contributed by atoms with van der Waals surface area (Å²) in [5.41, 5.74) is 5.90. The largest absolute Gasteiger partial charge is 0.371 e. The van der Waals surface area contributed by atoms with Crippen LogP contribution < -0.4 is 15.1 Å². The summed E-state index contributed by atoms with van der Waals surface area (Å²) >= 11 is 0. The molecule has 5 heterocycles. The van der Waals surface area contributed by atoms with Crippen LogP contribution in [-0.4, -0.2) is 59.0 Å². The van der Waals surface area contributed by atoms with E-state index in [1.54, 1.807) is 0 Å². The molecule has 2 saturated heterocycles. The highest BCUT2D eigenvalue weighted by molar-refractivity contribution is 5.89. The summed E-state index contributed by atoms with van der Waals surface area (Å²) in [6, 6.07) is 6.76. The third-order valence-corrected chi connectivity index (χ3v) is 6.64. The van der Waals surface area contributed by atoms with Gasteiger partial charge in [-0.15, -0.1) is 0 Å². The normalized spacial score (nSPS) is 18.4. The predicted molar refractivity (Wildman–Crippen MR) is 121 cm³/mol. The van der Waals surface area contributed by atoms with Crippen molar-refractivity contribution in [2.45, 2.75) is 32.6 Å². The van der Waals surface area contributed by atoms with Crippen LogP contribution in [0, 0.1) is 13.8 Å². The Bertz CT molecular complexity index is 1040. The fraction of sp³-hybridized carbons (Fsp3) is 0.522. The van der Waals surface area contributed by atoms with Gasteiger partial charge in [0.2, 0.25) is 0 Å². The van der Waals surface area contributed by atoms with E-state index in [4.69, 9.17) is 4.98 Å². The molecule has 5 rings (SSSR count). The molecule has 0 atom stereocenters. The number of hydrogen-bond acceptors (Lipinski definition) is 6. The lowest BCUT2D eigenvalue weighted by molar-refractivity contribution is 0.502. The summed E-state index contributed by atoms with van der Waals surface area (Å²) in [6.45, 7) is 10.5. The average molecular weight is 406 g/mol. The lowest BCUT2D eigenvalue weighted by atomic mass is 9.88. The van der Waals surface area contributed by atoms with Crippen LogP contribution in [0.1, 0.15) is 35.7 Å².